The molecule has 0 aliphatic carbocycles. The Kier molecular flexibility index (Phi) is 3.63. The molecular formula is C12H12O2. The standard InChI is InChI=1S/C12H12O2/c1-4-8-14-12-7-5-6-11(9-12)10(2)13-3/h1,5-7,9H,2,8H2,3H3. The highest BCUT2D eigenvalue weighted by atomic mass is 16.5. The van der Waals surface area contributed by atoms with Crippen molar-refractivity contribution in [2.24, 2.45) is 0 Å². The van der Waals surface area contributed by atoms with Crippen LogP contribution in [0.4, 0.5) is 0 Å². The number of hydrogen-bond acceptors (Lipinski definition) is 2. The molecule has 1 aromatic rings. The summed E-state index contributed by atoms with van der Waals surface area (Å²) in [4.78, 5) is 0. The number of hydrogen-bond donors (Lipinski definition) is 0. The third-order valence-corrected chi connectivity index (χ3v) is 1.72. The van der Waals surface area contributed by atoms with Crippen molar-refractivity contribution in [3.05, 3.63) is 36.4 Å². The first kappa shape index (κ1) is 10.2. The minimum Gasteiger partial charge on any atom is -0.497 e. The molecule has 0 aliphatic heterocycles. The van der Waals surface area contributed by atoms with Crippen LogP contribution in [-0.4, -0.2) is 13.7 Å². The summed E-state index contributed by atoms with van der Waals surface area (Å²) in [5.74, 6) is 3.73. The van der Waals surface area contributed by atoms with E-state index in [0.29, 0.717) is 5.76 Å². The molecule has 0 atom stereocenters. The smallest absolute Gasteiger partial charge is 0.148 e. The van der Waals surface area contributed by atoms with Crippen LogP contribution in [0.5, 0.6) is 5.75 Å². The first-order valence-corrected chi connectivity index (χ1v) is 4.17. The topological polar surface area (TPSA) is 18.5 Å². The molecule has 0 aliphatic rings. The molecular weight excluding hydrogens is 176 g/mol. The molecule has 0 fully saturated rings. The van der Waals surface area contributed by atoms with Gasteiger partial charge in [-0.25, -0.2) is 0 Å². The lowest BCUT2D eigenvalue weighted by Crippen LogP contribution is -1.94. The maximum absolute atomic E-state index is 5.26. The maximum Gasteiger partial charge on any atom is 0.148 e. The van der Waals surface area contributed by atoms with Crippen LogP contribution in [0.2, 0.25) is 0 Å². The molecule has 1 rings (SSSR count). The zero-order chi connectivity index (χ0) is 10.4. The molecule has 0 saturated heterocycles. The second-order valence-electron chi connectivity index (χ2n) is 2.65. The molecule has 0 spiro atoms. The maximum atomic E-state index is 5.26. The summed E-state index contributed by atoms with van der Waals surface area (Å²) in [6.45, 7) is 4.01. The molecule has 0 bridgehead atoms. The van der Waals surface area contributed by atoms with E-state index >= 15 is 0 Å². The first-order chi connectivity index (χ1) is 6.77. The molecule has 0 radical (unpaired) electrons. The second-order valence-corrected chi connectivity index (χ2v) is 2.65. The average molecular weight is 188 g/mol. The summed E-state index contributed by atoms with van der Waals surface area (Å²) >= 11 is 0. The average Bonchev–Trinajstić information content (AvgIpc) is 2.25. The van der Waals surface area contributed by atoms with E-state index in [1.54, 1.807) is 7.11 Å². The minimum absolute atomic E-state index is 0.267. The lowest BCUT2D eigenvalue weighted by molar-refractivity contribution is 0.364. The molecule has 0 saturated carbocycles. The molecule has 72 valence electrons. The summed E-state index contributed by atoms with van der Waals surface area (Å²) in [7, 11) is 1.58. The number of ether oxygens (including phenoxy) is 2. The molecule has 2 heteroatoms. The van der Waals surface area contributed by atoms with E-state index in [9.17, 15) is 0 Å². The van der Waals surface area contributed by atoms with Gasteiger partial charge in [0.1, 0.15) is 18.1 Å². The zero-order valence-electron chi connectivity index (χ0n) is 8.12. The van der Waals surface area contributed by atoms with Crippen molar-refractivity contribution in [1.29, 1.82) is 0 Å². The van der Waals surface area contributed by atoms with E-state index in [4.69, 9.17) is 15.9 Å². The highest BCUT2D eigenvalue weighted by Crippen LogP contribution is 2.19. The fourth-order valence-electron chi connectivity index (χ4n) is 1.00. The van der Waals surface area contributed by atoms with Gasteiger partial charge in [-0.05, 0) is 12.1 Å². The lowest BCUT2D eigenvalue weighted by Gasteiger charge is -2.06. The Morgan fingerprint density at radius 1 is 1.57 bits per heavy atom. The van der Waals surface area contributed by atoms with Gasteiger partial charge in [-0.2, -0.15) is 0 Å². The van der Waals surface area contributed by atoms with Crippen LogP contribution in [0.1, 0.15) is 5.56 Å². The Hall–Kier alpha value is -1.88. The summed E-state index contributed by atoms with van der Waals surface area (Å²) < 4.78 is 10.3. The van der Waals surface area contributed by atoms with Crippen molar-refractivity contribution in [2.45, 2.75) is 0 Å². The molecule has 2 nitrogen and oxygen atoms in total. The molecule has 1 aromatic carbocycles. The molecule has 0 heterocycles. The summed E-state index contributed by atoms with van der Waals surface area (Å²) in [5, 5.41) is 0. The molecule has 0 aromatic heterocycles. The Labute approximate surface area is 84.2 Å². The predicted octanol–water partition coefficient (Wildman–Crippen LogP) is 2.32. The quantitative estimate of drug-likeness (QED) is 0.533. The Morgan fingerprint density at radius 2 is 2.36 bits per heavy atom. The van der Waals surface area contributed by atoms with E-state index in [0.717, 1.165) is 11.3 Å². The van der Waals surface area contributed by atoms with Gasteiger partial charge in [-0.15, -0.1) is 6.42 Å². The third kappa shape index (κ3) is 2.56. The molecule has 14 heavy (non-hydrogen) atoms. The van der Waals surface area contributed by atoms with Gasteiger partial charge in [0, 0.05) is 5.56 Å². The van der Waals surface area contributed by atoms with Crippen LogP contribution in [-0.2, 0) is 4.74 Å². The fourth-order valence-corrected chi connectivity index (χ4v) is 1.00. The highest BCUT2D eigenvalue weighted by Gasteiger charge is 1.99. The number of terminal acetylenes is 1. The van der Waals surface area contributed by atoms with Crippen LogP contribution < -0.4 is 4.74 Å². The predicted molar refractivity (Wildman–Crippen MR) is 56.8 cm³/mol. The Bertz CT molecular complexity index is 361. The van der Waals surface area contributed by atoms with Gasteiger partial charge in [0.05, 0.1) is 7.11 Å². The normalized spacial score (nSPS) is 8.86. The van der Waals surface area contributed by atoms with Gasteiger partial charge in [-0.3, -0.25) is 0 Å². The van der Waals surface area contributed by atoms with E-state index < -0.39 is 0 Å². The Morgan fingerprint density at radius 3 is 3.00 bits per heavy atom. The van der Waals surface area contributed by atoms with Crippen LogP contribution >= 0.6 is 0 Å². The molecule has 0 unspecified atom stereocenters. The number of methoxy groups -OCH3 is 1. The van der Waals surface area contributed by atoms with E-state index in [1.165, 1.54) is 0 Å². The second kappa shape index (κ2) is 4.98. The first-order valence-electron chi connectivity index (χ1n) is 4.17. The van der Waals surface area contributed by atoms with E-state index in [2.05, 4.69) is 12.5 Å². The van der Waals surface area contributed by atoms with Gasteiger partial charge in [-0.1, -0.05) is 24.6 Å². The minimum atomic E-state index is 0.267. The van der Waals surface area contributed by atoms with Gasteiger partial charge in [0.2, 0.25) is 0 Å². The highest BCUT2D eigenvalue weighted by molar-refractivity contribution is 5.58. The summed E-state index contributed by atoms with van der Waals surface area (Å²) in [6.07, 6.45) is 5.08. The monoisotopic (exact) mass is 188 g/mol. The van der Waals surface area contributed by atoms with Gasteiger partial charge < -0.3 is 9.47 Å². The lowest BCUT2D eigenvalue weighted by atomic mass is 10.2. The number of benzene rings is 1. The summed E-state index contributed by atoms with van der Waals surface area (Å²) in [6, 6.07) is 7.44. The van der Waals surface area contributed by atoms with Gasteiger partial charge >= 0.3 is 0 Å². The van der Waals surface area contributed by atoms with Crippen molar-refractivity contribution in [3.63, 3.8) is 0 Å². The van der Waals surface area contributed by atoms with Crippen LogP contribution in [0.25, 0.3) is 5.76 Å². The van der Waals surface area contributed by atoms with Crippen molar-refractivity contribution >= 4 is 5.76 Å². The fraction of sp³-hybridized carbons (Fsp3) is 0.167. The molecule has 0 amide bonds. The van der Waals surface area contributed by atoms with Crippen LogP contribution in [0, 0.1) is 12.3 Å². The van der Waals surface area contributed by atoms with Gasteiger partial charge in [0.25, 0.3) is 0 Å². The number of rotatable bonds is 4. The largest absolute Gasteiger partial charge is 0.497 e. The van der Waals surface area contributed by atoms with Crippen LogP contribution in [0.15, 0.2) is 30.8 Å². The zero-order valence-corrected chi connectivity index (χ0v) is 8.12. The van der Waals surface area contributed by atoms with Crippen molar-refractivity contribution in [2.75, 3.05) is 13.7 Å². The Balaban J connectivity index is 2.79. The van der Waals surface area contributed by atoms with E-state index in [1.807, 2.05) is 24.3 Å². The van der Waals surface area contributed by atoms with Crippen molar-refractivity contribution in [1.82, 2.24) is 0 Å². The van der Waals surface area contributed by atoms with Crippen molar-refractivity contribution < 1.29 is 9.47 Å². The van der Waals surface area contributed by atoms with Crippen LogP contribution in [0.3, 0.4) is 0 Å². The molecule has 0 N–H and O–H groups in total. The third-order valence-electron chi connectivity index (χ3n) is 1.72. The van der Waals surface area contributed by atoms with Crippen molar-refractivity contribution in [3.8, 4) is 18.1 Å². The van der Waals surface area contributed by atoms with Gasteiger partial charge in [0.15, 0.2) is 0 Å². The van der Waals surface area contributed by atoms with E-state index in [-0.39, 0.29) is 6.61 Å². The SMILES string of the molecule is C#CCOc1cccc(C(=C)OC)c1. The summed E-state index contributed by atoms with van der Waals surface area (Å²) in [5.41, 5.74) is 0.891.